The molecule has 0 aliphatic heterocycles. The molecule has 106 valence electrons. The Hall–Kier alpha value is -1.71. The summed E-state index contributed by atoms with van der Waals surface area (Å²) in [7, 11) is 0. The number of unbranched alkanes of at least 4 members (excludes halogenated alkanes) is 3. The summed E-state index contributed by atoms with van der Waals surface area (Å²) >= 11 is 0. The highest BCUT2D eigenvalue weighted by atomic mass is 16.5. The molecule has 4 nitrogen and oxygen atoms in total. The van der Waals surface area contributed by atoms with Crippen LogP contribution in [0.1, 0.15) is 49.9 Å². The Kier molecular flexibility index (Phi) is 6.79. The summed E-state index contributed by atoms with van der Waals surface area (Å²) in [5, 5.41) is 3.28. The lowest BCUT2D eigenvalue weighted by atomic mass is 10.1. The summed E-state index contributed by atoms with van der Waals surface area (Å²) in [6.07, 6.45) is 4.76. The lowest BCUT2D eigenvalue weighted by Gasteiger charge is -2.12. The first-order valence-corrected chi connectivity index (χ1v) is 6.99. The molecule has 0 spiro atoms. The Balaban J connectivity index is 2.63. The highest BCUT2D eigenvalue weighted by molar-refractivity contribution is 5.96. The number of nitrogen functional groups attached to an aromatic ring is 1. The van der Waals surface area contributed by atoms with E-state index in [0.29, 0.717) is 17.9 Å². The minimum absolute atomic E-state index is 0.328. The third-order valence-corrected chi connectivity index (χ3v) is 2.88. The van der Waals surface area contributed by atoms with Gasteiger partial charge < -0.3 is 15.8 Å². The quantitative estimate of drug-likeness (QED) is 0.429. The van der Waals surface area contributed by atoms with Crippen LogP contribution in [0.25, 0.3) is 0 Å². The SMILES string of the molecule is CCCCCCNc1ccc(N)cc1C(=O)OCC. The lowest BCUT2D eigenvalue weighted by molar-refractivity contribution is 0.0527. The van der Waals surface area contributed by atoms with Gasteiger partial charge in [-0.15, -0.1) is 0 Å². The second-order valence-corrected chi connectivity index (χ2v) is 4.51. The molecule has 0 radical (unpaired) electrons. The molecule has 4 heteroatoms. The molecule has 0 bridgehead atoms. The summed E-state index contributed by atoms with van der Waals surface area (Å²) in [4.78, 5) is 11.8. The molecule has 0 fully saturated rings. The van der Waals surface area contributed by atoms with Crippen molar-refractivity contribution in [3.63, 3.8) is 0 Å². The van der Waals surface area contributed by atoms with Crippen molar-refractivity contribution in [1.82, 2.24) is 0 Å². The standard InChI is InChI=1S/C15H24N2O2/c1-3-5-6-7-10-17-14-9-8-12(16)11-13(14)15(18)19-4-2/h8-9,11,17H,3-7,10,16H2,1-2H3. The van der Waals surface area contributed by atoms with Crippen molar-refractivity contribution in [2.24, 2.45) is 0 Å². The Bertz CT molecular complexity index is 405. The van der Waals surface area contributed by atoms with Crippen LogP contribution in [-0.2, 0) is 4.74 Å². The second kappa shape index (κ2) is 8.40. The third-order valence-electron chi connectivity index (χ3n) is 2.88. The zero-order valence-corrected chi connectivity index (χ0v) is 11.9. The first-order valence-electron chi connectivity index (χ1n) is 6.99. The lowest BCUT2D eigenvalue weighted by Crippen LogP contribution is -2.11. The van der Waals surface area contributed by atoms with Crippen LogP contribution in [0.4, 0.5) is 11.4 Å². The Morgan fingerprint density at radius 1 is 1.26 bits per heavy atom. The molecule has 0 saturated heterocycles. The van der Waals surface area contributed by atoms with E-state index in [1.165, 1.54) is 19.3 Å². The fourth-order valence-corrected chi connectivity index (χ4v) is 1.87. The molecular formula is C15H24N2O2. The predicted molar refractivity (Wildman–Crippen MR) is 79.4 cm³/mol. The number of hydrogen-bond donors (Lipinski definition) is 2. The van der Waals surface area contributed by atoms with Gasteiger partial charge >= 0.3 is 5.97 Å². The van der Waals surface area contributed by atoms with Crippen LogP contribution in [0, 0.1) is 0 Å². The van der Waals surface area contributed by atoms with Gasteiger partial charge in [0.25, 0.3) is 0 Å². The molecule has 0 aliphatic carbocycles. The largest absolute Gasteiger partial charge is 0.462 e. The number of ether oxygens (including phenoxy) is 1. The van der Waals surface area contributed by atoms with Crippen LogP contribution in [0.3, 0.4) is 0 Å². The summed E-state index contributed by atoms with van der Waals surface area (Å²) in [5.74, 6) is -0.328. The van der Waals surface area contributed by atoms with Gasteiger partial charge in [-0.2, -0.15) is 0 Å². The van der Waals surface area contributed by atoms with Crippen molar-refractivity contribution in [2.75, 3.05) is 24.2 Å². The molecule has 3 N–H and O–H groups in total. The average Bonchev–Trinajstić information content (AvgIpc) is 2.40. The molecule has 0 aliphatic rings. The van der Waals surface area contributed by atoms with Crippen LogP contribution in [0.2, 0.25) is 0 Å². The van der Waals surface area contributed by atoms with Gasteiger partial charge in [-0.3, -0.25) is 0 Å². The van der Waals surface area contributed by atoms with Gasteiger partial charge in [0.05, 0.1) is 12.2 Å². The molecular weight excluding hydrogens is 240 g/mol. The number of esters is 1. The van der Waals surface area contributed by atoms with Crippen molar-refractivity contribution in [3.05, 3.63) is 23.8 Å². The third kappa shape index (κ3) is 5.20. The van der Waals surface area contributed by atoms with Crippen LogP contribution < -0.4 is 11.1 Å². The van der Waals surface area contributed by atoms with Crippen molar-refractivity contribution in [3.8, 4) is 0 Å². The van der Waals surface area contributed by atoms with Gasteiger partial charge in [0.15, 0.2) is 0 Å². The van der Waals surface area contributed by atoms with Crippen LogP contribution in [0.15, 0.2) is 18.2 Å². The van der Waals surface area contributed by atoms with Crippen LogP contribution >= 0.6 is 0 Å². The summed E-state index contributed by atoms with van der Waals surface area (Å²) in [6, 6.07) is 5.28. The van der Waals surface area contributed by atoms with E-state index in [0.717, 1.165) is 18.7 Å². The number of nitrogens with one attached hydrogen (secondary N) is 1. The van der Waals surface area contributed by atoms with Crippen LogP contribution in [0.5, 0.6) is 0 Å². The highest BCUT2D eigenvalue weighted by Crippen LogP contribution is 2.20. The summed E-state index contributed by atoms with van der Waals surface area (Å²) < 4.78 is 5.03. The number of benzene rings is 1. The first-order chi connectivity index (χ1) is 9.19. The van der Waals surface area contributed by atoms with Gasteiger partial charge in [0, 0.05) is 17.9 Å². The van der Waals surface area contributed by atoms with E-state index in [-0.39, 0.29) is 5.97 Å². The predicted octanol–water partition coefficient (Wildman–Crippen LogP) is 3.44. The van der Waals surface area contributed by atoms with Crippen molar-refractivity contribution >= 4 is 17.3 Å². The van der Waals surface area contributed by atoms with E-state index in [4.69, 9.17) is 10.5 Å². The van der Waals surface area contributed by atoms with Crippen molar-refractivity contribution < 1.29 is 9.53 Å². The Morgan fingerprint density at radius 3 is 2.74 bits per heavy atom. The van der Waals surface area contributed by atoms with E-state index < -0.39 is 0 Å². The van der Waals surface area contributed by atoms with E-state index >= 15 is 0 Å². The number of hydrogen-bond acceptors (Lipinski definition) is 4. The second-order valence-electron chi connectivity index (χ2n) is 4.51. The molecule has 0 saturated carbocycles. The molecule has 1 rings (SSSR count). The van der Waals surface area contributed by atoms with Gasteiger partial charge in [-0.05, 0) is 31.5 Å². The van der Waals surface area contributed by atoms with Crippen LogP contribution in [-0.4, -0.2) is 19.1 Å². The van der Waals surface area contributed by atoms with Gasteiger partial charge in [-0.25, -0.2) is 4.79 Å². The molecule has 0 aromatic heterocycles. The molecule has 0 atom stereocenters. The van der Waals surface area contributed by atoms with Gasteiger partial charge in [-0.1, -0.05) is 26.2 Å². The minimum Gasteiger partial charge on any atom is -0.462 e. The maximum absolute atomic E-state index is 11.8. The molecule has 19 heavy (non-hydrogen) atoms. The van der Waals surface area contributed by atoms with E-state index in [9.17, 15) is 4.79 Å². The molecule has 0 unspecified atom stereocenters. The molecule has 1 aromatic rings. The number of carbonyl (C=O) groups is 1. The number of carbonyl (C=O) groups excluding carboxylic acids is 1. The Morgan fingerprint density at radius 2 is 2.05 bits per heavy atom. The number of nitrogens with two attached hydrogens (primary N) is 1. The topological polar surface area (TPSA) is 64.3 Å². The fraction of sp³-hybridized carbons (Fsp3) is 0.533. The number of rotatable bonds is 8. The summed E-state index contributed by atoms with van der Waals surface area (Å²) in [6.45, 7) is 5.20. The van der Waals surface area contributed by atoms with Crippen molar-refractivity contribution in [2.45, 2.75) is 39.5 Å². The van der Waals surface area contributed by atoms with Crippen molar-refractivity contribution in [1.29, 1.82) is 0 Å². The van der Waals surface area contributed by atoms with Gasteiger partial charge in [0.2, 0.25) is 0 Å². The zero-order valence-electron chi connectivity index (χ0n) is 11.9. The summed E-state index contributed by atoms with van der Waals surface area (Å²) in [5.41, 5.74) is 7.60. The Labute approximate surface area is 115 Å². The number of anilines is 2. The molecule has 1 aromatic carbocycles. The highest BCUT2D eigenvalue weighted by Gasteiger charge is 2.12. The van der Waals surface area contributed by atoms with E-state index in [1.54, 1.807) is 19.1 Å². The molecule has 0 heterocycles. The first kappa shape index (κ1) is 15.3. The smallest absolute Gasteiger partial charge is 0.340 e. The van der Waals surface area contributed by atoms with E-state index in [1.807, 2.05) is 6.07 Å². The van der Waals surface area contributed by atoms with Gasteiger partial charge in [0.1, 0.15) is 0 Å². The fourth-order valence-electron chi connectivity index (χ4n) is 1.87. The molecule has 0 amide bonds. The monoisotopic (exact) mass is 264 g/mol. The van der Waals surface area contributed by atoms with E-state index in [2.05, 4.69) is 12.2 Å². The normalized spacial score (nSPS) is 10.2. The maximum atomic E-state index is 11.8. The average molecular weight is 264 g/mol. The zero-order chi connectivity index (χ0) is 14.1. The minimum atomic E-state index is -0.328. The maximum Gasteiger partial charge on any atom is 0.340 e.